The SMILES string of the molecule is C[Si](C)(C)c1ccnc(-c2[c-]cc3c4cccc5c4n4c6c(cccc6c2c34)-c2ccccc2-5)c1.[2H]C([2H])([2H])c1cnc(-c2[c-]cccc2)cc1C([2H])([2H])C(C)(C)C.[Ir]. The Labute approximate surface area is 339 Å². The third-order valence-corrected chi connectivity index (χ3v) is 12.2. The van der Waals surface area contributed by atoms with Gasteiger partial charge in [0.1, 0.15) is 0 Å². The Morgan fingerprint density at radius 3 is 2.07 bits per heavy atom. The van der Waals surface area contributed by atoms with E-state index in [4.69, 9.17) is 11.8 Å². The number of rotatable bonds is 4. The van der Waals surface area contributed by atoms with Crippen LogP contribution >= 0.6 is 0 Å². The van der Waals surface area contributed by atoms with Crippen LogP contribution in [0.15, 0.2) is 122 Å². The molecule has 4 aromatic heterocycles. The Balaban J connectivity index is 0.000000177. The fourth-order valence-corrected chi connectivity index (χ4v) is 8.99. The molecule has 0 saturated heterocycles. The van der Waals surface area contributed by atoms with Crippen molar-refractivity contribution in [2.24, 2.45) is 5.41 Å². The van der Waals surface area contributed by atoms with Crippen molar-refractivity contribution >= 4 is 51.4 Å². The summed E-state index contributed by atoms with van der Waals surface area (Å²) in [6.07, 6.45) is 1.43. The number of benzene rings is 5. The van der Waals surface area contributed by atoms with E-state index in [9.17, 15) is 0 Å². The van der Waals surface area contributed by atoms with Gasteiger partial charge in [-0.1, -0.05) is 135 Å². The number of aromatic nitrogens is 3. The van der Waals surface area contributed by atoms with Gasteiger partial charge in [-0.25, -0.2) is 0 Å². The number of hydrogen-bond donors (Lipinski definition) is 0. The molecule has 10 rings (SSSR count). The topological polar surface area (TPSA) is 30.2 Å². The summed E-state index contributed by atoms with van der Waals surface area (Å²) in [4.78, 5) is 9.07. The van der Waals surface area contributed by atoms with E-state index in [-0.39, 0.29) is 31.2 Å². The van der Waals surface area contributed by atoms with Gasteiger partial charge in [0.15, 0.2) is 0 Å². The van der Waals surface area contributed by atoms with Crippen LogP contribution in [0, 0.1) is 24.4 Å². The molecule has 1 radical (unpaired) electrons. The molecule has 3 nitrogen and oxygen atoms in total. The molecule has 1 aliphatic heterocycles. The van der Waals surface area contributed by atoms with Gasteiger partial charge in [-0.05, 0) is 69.1 Å². The normalized spacial score (nSPS) is 14.1. The van der Waals surface area contributed by atoms with Crippen LogP contribution in [-0.4, -0.2) is 22.4 Å². The van der Waals surface area contributed by atoms with Crippen LogP contribution in [0.3, 0.4) is 0 Å². The number of pyridine rings is 2. The molecule has 0 spiro atoms. The van der Waals surface area contributed by atoms with Crippen molar-refractivity contribution in [3.63, 3.8) is 0 Å². The second kappa shape index (κ2) is 13.4. The van der Waals surface area contributed by atoms with Gasteiger partial charge in [0.05, 0.1) is 19.1 Å². The van der Waals surface area contributed by atoms with Crippen molar-refractivity contribution < 1.29 is 27.0 Å². The minimum atomic E-state index is -2.42. The zero-order chi connectivity index (χ0) is 40.9. The first-order chi connectivity index (χ1) is 27.5. The van der Waals surface area contributed by atoms with Gasteiger partial charge in [0.2, 0.25) is 0 Å². The molecule has 0 bridgehead atoms. The zero-order valence-corrected chi connectivity index (χ0v) is 34.6. The van der Waals surface area contributed by atoms with E-state index in [1.54, 1.807) is 32.9 Å². The second-order valence-corrected chi connectivity index (χ2v) is 21.1. The molecule has 0 unspecified atom stereocenters. The molecule has 0 aliphatic carbocycles. The maximum Gasteiger partial charge on any atom is 0.0767 e. The van der Waals surface area contributed by atoms with Gasteiger partial charge in [-0.15, -0.1) is 53.6 Å². The van der Waals surface area contributed by atoms with E-state index in [1.165, 1.54) is 71.7 Å². The molecule has 0 saturated carbocycles. The molecule has 9 aromatic rings. The molecule has 5 aromatic carbocycles. The van der Waals surface area contributed by atoms with E-state index >= 15 is 0 Å². The Hall–Kier alpha value is -4.93. The first-order valence-corrected chi connectivity index (χ1v) is 21.7. The molecule has 0 amide bonds. The summed E-state index contributed by atoms with van der Waals surface area (Å²) in [5.41, 5.74) is 11.8. The molecule has 5 heteroatoms. The van der Waals surface area contributed by atoms with Crippen LogP contribution in [-0.2, 0) is 26.5 Å². The van der Waals surface area contributed by atoms with Crippen LogP contribution in [0.1, 0.15) is 38.8 Å². The molecule has 54 heavy (non-hydrogen) atoms. The summed E-state index contributed by atoms with van der Waals surface area (Å²) in [7, 11) is -1.47. The van der Waals surface area contributed by atoms with Crippen molar-refractivity contribution in [2.45, 2.75) is 53.6 Å². The Kier molecular flexibility index (Phi) is 7.56. The van der Waals surface area contributed by atoms with Gasteiger partial charge in [0, 0.05) is 50.5 Å². The number of fused-ring (bicyclic) bond motifs is 5. The van der Waals surface area contributed by atoms with Crippen LogP contribution in [0.4, 0.5) is 0 Å². The fourth-order valence-electron chi connectivity index (χ4n) is 7.85. The number of para-hydroxylation sites is 2. The smallest absolute Gasteiger partial charge is 0.0767 e. The van der Waals surface area contributed by atoms with Crippen LogP contribution in [0.5, 0.6) is 0 Å². The van der Waals surface area contributed by atoms with E-state index in [1.807, 2.05) is 24.4 Å². The van der Waals surface area contributed by atoms with Crippen molar-refractivity contribution in [1.82, 2.24) is 14.4 Å². The molecule has 0 N–H and O–H groups in total. The number of hydrogen-bond acceptors (Lipinski definition) is 2. The molecule has 1 aliphatic rings. The Bertz CT molecular complexity index is 3050. The van der Waals surface area contributed by atoms with Crippen LogP contribution < -0.4 is 5.19 Å². The van der Waals surface area contributed by atoms with E-state index in [2.05, 4.69) is 120 Å². The Morgan fingerprint density at radius 1 is 0.722 bits per heavy atom. The first-order valence-electron chi connectivity index (χ1n) is 20.7. The summed E-state index contributed by atoms with van der Waals surface area (Å²) in [6.45, 7) is 10.0. The van der Waals surface area contributed by atoms with E-state index in [0.717, 1.165) is 11.3 Å². The second-order valence-electron chi connectivity index (χ2n) is 16.0. The van der Waals surface area contributed by atoms with E-state index < -0.39 is 26.7 Å². The average Bonchev–Trinajstić information content (AvgIpc) is 3.68. The van der Waals surface area contributed by atoms with Crippen LogP contribution in [0.25, 0.3) is 82.9 Å². The van der Waals surface area contributed by atoms with Crippen LogP contribution in [0.2, 0.25) is 19.6 Å². The summed E-state index contributed by atoms with van der Waals surface area (Å²) >= 11 is 0. The number of nitrogens with zero attached hydrogens (tertiary/aromatic N) is 3. The van der Waals surface area contributed by atoms with Gasteiger partial charge in [-0.2, -0.15) is 0 Å². The van der Waals surface area contributed by atoms with Gasteiger partial charge >= 0.3 is 0 Å². The minimum Gasteiger partial charge on any atom is -0.326 e. The Morgan fingerprint density at radius 2 is 1.41 bits per heavy atom. The predicted molar refractivity (Wildman–Crippen MR) is 227 cm³/mol. The molecule has 0 atom stereocenters. The summed E-state index contributed by atoms with van der Waals surface area (Å²) < 4.78 is 42.6. The molecular formula is C49H43IrN3Si-2. The quantitative estimate of drug-likeness (QED) is 0.130. The summed E-state index contributed by atoms with van der Waals surface area (Å²) in [5.74, 6) is 0. The third kappa shape index (κ3) is 6.00. The largest absolute Gasteiger partial charge is 0.326 e. The minimum absolute atomic E-state index is 0. The molecular weight excluding hydrogens is 851 g/mol. The van der Waals surface area contributed by atoms with Gasteiger partial charge < -0.3 is 14.4 Å². The first kappa shape index (κ1) is 30.4. The van der Waals surface area contributed by atoms with Crippen molar-refractivity contribution in [3.8, 4) is 44.8 Å². The van der Waals surface area contributed by atoms with E-state index in [0.29, 0.717) is 11.3 Å². The van der Waals surface area contributed by atoms with Crippen molar-refractivity contribution in [2.75, 3.05) is 0 Å². The summed E-state index contributed by atoms with van der Waals surface area (Å²) in [6, 6.07) is 44.5. The van der Waals surface area contributed by atoms with Crippen molar-refractivity contribution in [1.29, 1.82) is 0 Å². The predicted octanol–water partition coefficient (Wildman–Crippen LogP) is 12.3. The summed E-state index contributed by atoms with van der Waals surface area (Å²) in [5, 5.41) is 6.53. The maximum atomic E-state index is 8.48. The fraction of sp³-hybridized carbons (Fsp3) is 0.184. The third-order valence-electron chi connectivity index (χ3n) is 10.2. The van der Waals surface area contributed by atoms with Crippen molar-refractivity contribution in [3.05, 3.63) is 145 Å². The number of aryl methyl sites for hydroxylation is 1. The monoisotopic (exact) mass is 899 g/mol. The average molecular weight is 899 g/mol. The molecule has 269 valence electrons. The maximum absolute atomic E-state index is 8.48. The standard InChI is InChI=1S/C32H23N2Si.C17H20N.Ir/c1-35(2,3)19-16-17-33-28(18-19)26-15-14-25-24-12-6-10-22-20-8-4-5-9-21(20)23-11-7-13-27-29(26)32(25)34(30(22)24)31(23)27;1-13-12-18-16(14-8-6-5-7-9-14)10-15(13)11-17(2,3)4;/h4-14,16-18H,1-3H3;5-8,10,12H,11H2,1-4H3;/q2*-1;/i;1D3,11D2;. The zero-order valence-electron chi connectivity index (χ0n) is 36.2. The molecule has 5 heterocycles. The molecule has 0 fully saturated rings. The van der Waals surface area contributed by atoms with Gasteiger partial charge in [0.25, 0.3) is 0 Å². The van der Waals surface area contributed by atoms with Gasteiger partial charge in [-0.3, -0.25) is 0 Å².